The zero-order valence-corrected chi connectivity index (χ0v) is 13.6. The van der Waals surface area contributed by atoms with E-state index in [-0.39, 0.29) is 11.4 Å². The average molecular weight is 347 g/mol. The van der Waals surface area contributed by atoms with Crippen molar-refractivity contribution in [3.8, 4) is 0 Å². The van der Waals surface area contributed by atoms with Gasteiger partial charge in [-0.2, -0.15) is 0 Å². The Hall–Kier alpha value is -3.01. The minimum Gasteiger partial charge on any atom is -0.363 e. The third-order valence-corrected chi connectivity index (χ3v) is 4.14. The molecule has 3 rings (SSSR count). The van der Waals surface area contributed by atoms with Crippen molar-refractivity contribution in [2.75, 3.05) is 31.1 Å². The maximum atomic E-state index is 11.3. The lowest BCUT2D eigenvalue weighted by Gasteiger charge is -2.35. The van der Waals surface area contributed by atoms with Crippen LogP contribution in [0.2, 0.25) is 0 Å². The Morgan fingerprint density at radius 2 is 1.84 bits per heavy atom. The second-order valence-electron chi connectivity index (χ2n) is 5.89. The van der Waals surface area contributed by atoms with E-state index in [0.717, 1.165) is 17.5 Å². The Morgan fingerprint density at radius 1 is 1.12 bits per heavy atom. The highest BCUT2D eigenvalue weighted by molar-refractivity contribution is 5.67. The van der Waals surface area contributed by atoms with Crippen LogP contribution < -0.4 is 4.90 Å². The molecule has 1 aromatic heterocycles. The average Bonchev–Trinajstić information content (AvgIpc) is 3.00. The van der Waals surface area contributed by atoms with Crippen molar-refractivity contribution in [3.63, 3.8) is 0 Å². The molecule has 1 aromatic carbocycles. The maximum absolute atomic E-state index is 11.3. The molecule has 0 bridgehead atoms. The lowest BCUT2D eigenvalue weighted by Crippen LogP contribution is -2.46. The van der Waals surface area contributed by atoms with Crippen LogP contribution in [0.5, 0.6) is 0 Å². The fraction of sp³-hybridized carbons (Fsp3) is 0.400. The number of hydrogen-bond acceptors (Lipinski definition) is 8. The number of non-ortho nitro benzene ring substituents is 1. The molecule has 2 aromatic rings. The molecule has 1 saturated heterocycles. The van der Waals surface area contributed by atoms with Gasteiger partial charge in [-0.3, -0.25) is 25.1 Å². The van der Waals surface area contributed by atoms with Crippen LogP contribution in [0.3, 0.4) is 0 Å². The fourth-order valence-electron chi connectivity index (χ4n) is 2.90. The Bertz CT molecular complexity index is 797. The largest absolute Gasteiger partial charge is 0.363 e. The van der Waals surface area contributed by atoms with Crippen LogP contribution >= 0.6 is 0 Å². The first-order valence-electron chi connectivity index (χ1n) is 7.76. The zero-order valence-electron chi connectivity index (χ0n) is 13.6. The van der Waals surface area contributed by atoms with E-state index in [2.05, 4.69) is 10.1 Å². The maximum Gasteiger partial charge on any atom is 0.299 e. The third kappa shape index (κ3) is 3.74. The molecule has 0 N–H and O–H groups in total. The molecule has 2 heterocycles. The van der Waals surface area contributed by atoms with Gasteiger partial charge in [0.15, 0.2) is 5.76 Å². The van der Waals surface area contributed by atoms with Crippen LogP contribution in [0.15, 0.2) is 28.8 Å². The third-order valence-electron chi connectivity index (χ3n) is 4.14. The van der Waals surface area contributed by atoms with E-state index < -0.39 is 9.85 Å². The Morgan fingerprint density at radius 3 is 2.40 bits per heavy atom. The highest BCUT2D eigenvalue weighted by Crippen LogP contribution is 2.32. The summed E-state index contributed by atoms with van der Waals surface area (Å²) in [7, 11) is 0. The summed E-state index contributed by atoms with van der Waals surface area (Å²) in [5.41, 5.74) is 0.712. The second-order valence-corrected chi connectivity index (χ2v) is 5.89. The molecule has 0 unspecified atom stereocenters. The summed E-state index contributed by atoms with van der Waals surface area (Å²) < 4.78 is 5.21. The summed E-state index contributed by atoms with van der Waals surface area (Å²) in [5, 5.41) is 26.0. The van der Waals surface area contributed by atoms with Gasteiger partial charge >= 0.3 is 0 Å². The molecule has 132 valence electrons. The number of rotatable bonds is 5. The zero-order chi connectivity index (χ0) is 18.0. The van der Waals surface area contributed by atoms with Gasteiger partial charge in [-0.05, 0) is 13.0 Å². The van der Waals surface area contributed by atoms with Crippen LogP contribution in [0.4, 0.5) is 17.1 Å². The number of hydrogen-bond donors (Lipinski definition) is 0. The summed E-state index contributed by atoms with van der Waals surface area (Å²) in [4.78, 5) is 24.9. The molecule has 10 heteroatoms. The number of aromatic nitrogens is 1. The van der Waals surface area contributed by atoms with Crippen LogP contribution in [0.1, 0.15) is 11.5 Å². The monoisotopic (exact) mass is 347 g/mol. The number of piperazine rings is 1. The highest BCUT2D eigenvalue weighted by Gasteiger charge is 2.26. The first-order chi connectivity index (χ1) is 11.9. The molecule has 0 atom stereocenters. The molecule has 10 nitrogen and oxygen atoms in total. The molecule has 1 aliphatic rings. The quantitative estimate of drug-likeness (QED) is 0.596. The molecule has 1 fully saturated rings. The van der Waals surface area contributed by atoms with Gasteiger partial charge in [0.25, 0.3) is 11.4 Å². The van der Waals surface area contributed by atoms with Crippen molar-refractivity contribution in [1.82, 2.24) is 10.1 Å². The number of benzene rings is 1. The minimum atomic E-state index is -0.631. The van der Waals surface area contributed by atoms with Gasteiger partial charge in [-0.1, -0.05) is 5.16 Å². The van der Waals surface area contributed by atoms with Gasteiger partial charge in [-0.15, -0.1) is 0 Å². The van der Waals surface area contributed by atoms with E-state index in [1.165, 1.54) is 12.1 Å². The number of aryl methyl sites for hydroxylation is 1. The predicted molar refractivity (Wildman–Crippen MR) is 88.5 cm³/mol. The fourth-order valence-corrected chi connectivity index (χ4v) is 2.90. The first kappa shape index (κ1) is 16.8. The van der Waals surface area contributed by atoms with Gasteiger partial charge in [0, 0.05) is 38.3 Å². The summed E-state index contributed by atoms with van der Waals surface area (Å²) in [6.45, 7) is 5.08. The summed E-state index contributed by atoms with van der Waals surface area (Å²) in [6.07, 6.45) is 0. The molecule has 25 heavy (non-hydrogen) atoms. The molecule has 1 aliphatic heterocycles. The van der Waals surface area contributed by atoms with Gasteiger partial charge in [-0.25, -0.2) is 0 Å². The number of nitro groups is 2. The van der Waals surface area contributed by atoms with Crippen molar-refractivity contribution in [2.45, 2.75) is 13.5 Å². The highest BCUT2D eigenvalue weighted by atomic mass is 16.6. The van der Waals surface area contributed by atoms with Crippen molar-refractivity contribution in [1.29, 1.82) is 0 Å². The van der Waals surface area contributed by atoms with Crippen LogP contribution in [0.25, 0.3) is 0 Å². The lowest BCUT2D eigenvalue weighted by atomic mass is 10.2. The Balaban J connectivity index is 1.70. The van der Waals surface area contributed by atoms with Crippen molar-refractivity contribution >= 4 is 17.1 Å². The minimum absolute atomic E-state index is 0.242. The second kappa shape index (κ2) is 6.85. The molecular weight excluding hydrogens is 330 g/mol. The van der Waals surface area contributed by atoms with Gasteiger partial charge in [0.1, 0.15) is 5.69 Å². The normalized spacial score (nSPS) is 15.3. The lowest BCUT2D eigenvalue weighted by molar-refractivity contribution is -0.393. The van der Waals surface area contributed by atoms with Crippen molar-refractivity contribution < 1.29 is 14.4 Å². The number of anilines is 1. The summed E-state index contributed by atoms with van der Waals surface area (Å²) in [6, 6.07) is 5.64. The Kier molecular flexibility index (Phi) is 4.61. The number of nitrogens with zero attached hydrogens (tertiary/aromatic N) is 5. The first-order valence-corrected chi connectivity index (χ1v) is 7.76. The molecule has 0 saturated carbocycles. The van der Waals surface area contributed by atoms with E-state index in [0.29, 0.717) is 38.4 Å². The van der Waals surface area contributed by atoms with Crippen LogP contribution in [0, 0.1) is 27.2 Å². The summed E-state index contributed by atoms with van der Waals surface area (Å²) >= 11 is 0. The molecule has 0 radical (unpaired) electrons. The van der Waals surface area contributed by atoms with E-state index >= 15 is 0 Å². The van der Waals surface area contributed by atoms with Gasteiger partial charge < -0.3 is 9.42 Å². The van der Waals surface area contributed by atoms with Gasteiger partial charge in [0.05, 0.1) is 28.2 Å². The SMILES string of the molecule is Cc1cc(CN2CCN(c3ccc([N+](=O)[O-])cc3[N+](=O)[O-])CC2)on1. The molecular formula is C15H17N5O5. The Labute approximate surface area is 142 Å². The van der Waals surface area contributed by atoms with Crippen molar-refractivity contribution in [3.05, 3.63) is 55.9 Å². The molecule has 0 aliphatic carbocycles. The van der Waals surface area contributed by atoms with E-state index in [1.807, 2.05) is 17.9 Å². The van der Waals surface area contributed by atoms with Crippen molar-refractivity contribution in [2.24, 2.45) is 0 Å². The van der Waals surface area contributed by atoms with Crippen LogP contribution in [-0.4, -0.2) is 46.1 Å². The van der Waals surface area contributed by atoms with Crippen LogP contribution in [-0.2, 0) is 6.54 Å². The summed E-state index contributed by atoms with van der Waals surface area (Å²) in [5.74, 6) is 0.785. The predicted octanol–water partition coefficient (Wildman–Crippen LogP) is 2.12. The van der Waals surface area contributed by atoms with E-state index in [1.54, 1.807) is 0 Å². The smallest absolute Gasteiger partial charge is 0.299 e. The van der Waals surface area contributed by atoms with Gasteiger partial charge in [0.2, 0.25) is 0 Å². The van der Waals surface area contributed by atoms with E-state index in [4.69, 9.17) is 4.52 Å². The number of nitro benzene ring substituents is 2. The topological polar surface area (TPSA) is 119 Å². The molecule has 0 amide bonds. The standard InChI is InChI=1S/C15H17N5O5/c1-11-8-13(25-16-11)10-17-4-6-18(7-5-17)14-3-2-12(19(21)22)9-15(14)20(23)24/h2-3,8-9H,4-7,10H2,1H3. The molecule has 0 spiro atoms. The van der Waals surface area contributed by atoms with E-state index in [9.17, 15) is 20.2 Å².